The Labute approximate surface area is 114 Å². The molecule has 0 bridgehead atoms. The number of pyridine rings is 1. The second kappa shape index (κ2) is 5.54. The van der Waals surface area contributed by atoms with Crippen molar-refractivity contribution in [3.63, 3.8) is 0 Å². The Kier molecular flexibility index (Phi) is 3.60. The van der Waals surface area contributed by atoms with E-state index in [9.17, 15) is 0 Å². The molecule has 1 unspecified atom stereocenters. The van der Waals surface area contributed by atoms with Gasteiger partial charge in [-0.05, 0) is 43.4 Å². The molecule has 1 saturated carbocycles. The van der Waals surface area contributed by atoms with Crippen molar-refractivity contribution < 1.29 is 0 Å². The molecule has 1 aromatic carbocycles. The molecule has 1 fully saturated rings. The van der Waals surface area contributed by atoms with Crippen molar-refractivity contribution in [3.8, 4) is 0 Å². The second-order valence-corrected chi connectivity index (χ2v) is 5.37. The van der Waals surface area contributed by atoms with Crippen LogP contribution in [0.25, 0.3) is 0 Å². The lowest BCUT2D eigenvalue weighted by Crippen LogP contribution is -2.26. The summed E-state index contributed by atoms with van der Waals surface area (Å²) >= 11 is 0. The number of hydrogen-bond acceptors (Lipinski definition) is 2. The molecule has 1 aliphatic rings. The van der Waals surface area contributed by atoms with Gasteiger partial charge >= 0.3 is 0 Å². The first-order chi connectivity index (χ1) is 9.34. The van der Waals surface area contributed by atoms with Crippen LogP contribution in [0.2, 0.25) is 0 Å². The Morgan fingerprint density at radius 2 is 1.79 bits per heavy atom. The fraction of sp³-hybridized carbons (Fsp3) is 0.353. The molecule has 1 N–H and O–H groups in total. The lowest BCUT2D eigenvalue weighted by atomic mass is 10.0. The van der Waals surface area contributed by atoms with Crippen molar-refractivity contribution >= 4 is 0 Å². The lowest BCUT2D eigenvalue weighted by molar-refractivity contribution is 0.422. The minimum Gasteiger partial charge on any atom is -0.302 e. The normalized spacial score (nSPS) is 17.9. The molecular formula is C17H20N2. The molecule has 1 aromatic heterocycles. The maximum atomic E-state index is 4.44. The number of nitrogens with one attached hydrogen (secondary N) is 1. The van der Waals surface area contributed by atoms with Crippen LogP contribution in [0.5, 0.6) is 0 Å². The summed E-state index contributed by atoms with van der Waals surface area (Å²) in [6.45, 7) is 2.20. The lowest BCUT2D eigenvalue weighted by Gasteiger charge is -2.23. The van der Waals surface area contributed by atoms with Crippen molar-refractivity contribution in [2.24, 2.45) is 5.92 Å². The predicted octanol–water partition coefficient (Wildman–Crippen LogP) is 3.88. The highest BCUT2D eigenvalue weighted by molar-refractivity contribution is 5.22. The van der Waals surface area contributed by atoms with Gasteiger partial charge in [-0.25, -0.2) is 0 Å². The maximum absolute atomic E-state index is 4.44. The Morgan fingerprint density at radius 1 is 1.05 bits per heavy atom. The minimum atomic E-state index is 0.284. The van der Waals surface area contributed by atoms with Crippen LogP contribution in [0.3, 0.4) is 0 Å². The van der Waals surface area contributed by atoms with Gasteiger partial charge in [0.05, 0.1) is 5.69 Å². The molecule has 2 aromatic rings. The summed E-state index contributed by atoms with van der Waals surface area (Å²) in [5.74, 6) is 0.786. The molecule has 0 spiro atoms. The van der Waals surface area contributed by atoms with Gasteiger partial charge in [0, 0.05) is 18.3 Å². The summed E-state index contributed by atoms with van der Waals surface area (Å²) in [4.78, 5) is 4.44. The van der Waals surface area contributed by atoms with Gasteiger partial charge < -0.3 is 5.32 Å². The standard InChI is InChI=1S/C17H20N2/c1-13(16-9-5-6-12-18-16)19-17(15-10-11-15)14-7-3-2-4-8-14/h2-9,12-13,15,17,19H,10-11H2,1H3/t13-,17?/m1/s1. The Hall–Kier alpha value is -1.67. The molecule has 1 heterocycles. The number of rotatable bonds is 5. The molecule has 2 atom stereocenters. The van der Waals surface area contributed by atoms with Gasteiger partial charge in [0.15, 0.2) is 0 Å². The van der Waals surface area contributed by atoms with Gasteiger partial charge in [0.2, 0.25) is 0 Å². The maximum Gasteiger partial charge on any atom is 0.0570 e. The van der Waals surface area contributed by atoms with Crippen molar-refractivity contribution in [3.05, 3.63) is 66.0 Å². The largest absolute Gasteiger partial charge is 0.302 e. The van der Waals surface area contributed by atoms with E-state index in [0.717, 1.165) is 11.6 Å². The Morgan fingerprint density at radius 3 is 2.42 bits per heavy atom. The van der Waals surface area contributed by atoms with Gasteiger partial charge in [-0.1, -0.05) is 36.4 Å². The Balaban J connectivity index is 1.76. The number of benzene rings is 1. The molecule has 0 amide bonds. The molecule has 98 valence electrons. The number of aromatic nitrogens is 1. The summed E-state index contributed by atoms with van der Waals surface area (Å²) in [6.07, 6.45) is 4.53. The third-order valence-electron chi connectivity index (χ3n) is 3.81. The monoisotopic (exact) mass is 252 g/mol. The number of nitrogens with zero attached hydrogens (tertiary/aromatic N) is 1. The molecule has 2 heteroatoms. The van der Waals surface area contributed by atoms with E-state index in [2.05, 4.69) is 59.7 Å². The summed E-state index contributed by atoms with van der Waals surface area (Å²) < 4.78 is 0. The fourth-order valence-corrected chi connectivity index (χ4v) is 2.58. The van der Waals surface area contributed by atoms with E-state index >= 15 is 0 Å². The fourth-order valence-electron chi connectivity index (χ4n) is 2.58. The van der Waals surface area contributed by atoms with E-state index in [-0.39, 0.29) is 6.04 Å². The molecule has 0 aliphatic heterocycles. The highest BCUT2D eigenvalue weighted by Crippen LogP contribution is 2.41. The number of hydrogen-bond donors (Lipinski definition) is 1. The van der Waals surface area contributed by atoms with Crippen LogP contribution in [0.4, 0.5) is 0 Å². The van der Waals surface area contributed by atoms with Gasteiger partial charge in [0.1, 0.15) is 0 Å². The topological polar surface area (TPSA) is 24.9 Å². The van der Waals surface area contributed by atoms with Crippen LogP contribution in [0.15, 0.2) is 54.7 Å². The van der Waals surface area contributed by atoms with E-state index < -0.39 is 0 Å². The summed E-state index contributed by atoms with van der Waals surface area (Å²) in [5.41, 5.74) is 2.51. The second-order valence-electron chi connectivity index (χ2n) is 5.37. The van der Waals surface area contributed by atoms with E-state index in [1.54, 1.807) is 0 Å². The predicted molar refractivity (Wildman–Crippen MR) is 77.7 cm³/mol. The third-order valence-corrected chi connectivity index (χ3v) is 3.81. The van der Waals surface area contributed by atoms with E-state index in [0.29, 0.717) is 6.04 Å². The molecule has 0 radical (unpaired) electrons. The first-order valence-electron chi connectivity index (χ1n) is 7.06. The van der Waals surface area contributed by atoms with Gasteiger partial charge in [-0.15, -0.1) is 0 Å². The van der Waals surface area contributed by atoms with Crippen LogP contribution in [0.1, 0.15) is 43.1 Å². The molecule has 0 saturated heterocycles. The summed E-state index contributed by atoms with van der Waals surface area (Å²) in [6, 6.07) is 17.6. The van der Waals surface area contributed by atoms with E-state index in [4.69, 9.17) is 0 Å². The highest BCUT2D eigenvalue weighted by atomic mass is 15.0. The van der Waals surface area contributed by atoms with Gasteiger partial charge in [-0.2, -0.15) is 0 Å². The minimum absolute atomic E-state index is 0.284. The van der Waals surface area contributed by atoms with Crippen LogP contribution < -0.4 is 5.32 Å². The molecule has 19 heavy (non-hydrogen) atoms. The van der Waals surface area contributed by atoms with Crippen molar-refractivity contribution in [2.45, 2.75) is 31.8 Å². The van der Waals surface area contributed by atoms with Crippen molar-refractivity contribution in [2.75, 3.05) is 0 Å². The molecule has 3 rings (SSSR count). The summed E-state index contributed by atoms with van der Waals surface area (Å²) in [7, 11) is 0. The van der Waals surface area contributed by atoms with Crippen molar-refractivity contribution in [1.29, 1.82) is 0 Å². The first-order valence-corrected chi connectivity index (χ1v) is 7.06. The first kappa shape index (κ1) is 12.4. The van der Waals surface area contributed by atoms with E-state index in [1.807, 2.05) is 12.3 Å². The quantitative estimate of drug-likeness (QED) is 0.873. The average Bonchev–Trinajstić information content (AvgIpc) is 3.31. The van der Waals surface area contributed by atoms with Crippen LogP contribution in [0, 0.1) is 5.92 Å². The average molecular weight is 252 g/mol. The van der Waals surface area contributed by atoms with E-state index in [1.165, 1.54) is 18.4 Å². The smallest absolute Gasteiger partial charge is 0.0570 e. The molecular weight excluding hydrogens is 232 g/mol. The van der Waals surface area contributed by atoms with Crippen molar-refractivity contribution in [1.82, 2.24) is 10.3 Å². The third kappa shape index (κ3) is 3.02. The van der Waals surface area contributed by atoms with Crippen LogP contribution in [-0.4, -0.2) is 4.98 Å². The Bertz CT molecular complexity index is 505. The SMILES string of the molecule is C[C@@H](NC(c1ccccc1)C1CC1)c1ccccn1. The molecule has 2 nitrogen and oxygen atoms in total. The van der Waals surface area contributed by atoms with Gasteiger partial charge in [0.25, 0.3) is 0 Å². The zero-order valence-corrected chi connectivity index (χ0v) is 11.3. The van der Waals surface area contributed by atoms with Gasteiger partial charge in [-0.3, -0.25) is 4.98 Å². The molecule has 1 aliphatic carbocycles. The van der Waals surface area contributed by atoms with Crippen LogP contribution in [-0.2, 0) is 0 Å². The van der Waals surface area contributed by atoms with Crippen LogP contribution >= 0.6 is 0 Å². The zero-order valence-electron chi connectivity index (χ0n) is 11.3. The zero-order chi connectivity index (χ0) is 13.1. The summed E-state index contributed by atoms with van der Waals surface area (Å²) in [5, 5.41) is 3.75. The highest BCUT2D eigenvalue weighted by Gasteiger charge is 2.33.